The van der Waals surface area contributed by atoms with Gasteiger partial charge in [0.25, 0.3) is 0 Å². The van der Waals surface area contributed by atoms with Gasteiger partial charge in [-0.2, -0.15) is 0 Å². The van der Waals surface area contributed by atoms with Crippen molar-refractivity contribution in [3.63, 3.8) is 0 Å². The first-order chi connectivity index (χ1) is 6.81. The monoisotopic (exact) mass is 191 g/mol. The molecule has 1 saturated carbocycles. The Hall–Kier alpha value is -1.02. The SMILES string of the molecule is CNC1CC1COc1ccccc1C. The van der Waals surface area contributed by atoms with Crippen molar-refractivity contribution in [2.45, 2.75) is 19.4 Å². The van der Waals surface area contributed by atoms with Crippen molar-refractivity contribution in [2.24, 2.45) is 5.92 Å². The molecule has 2 unspecified atom stereocenters. The molecule has 0 radical (unpaired) electrons. The molecule has 0 spiro atoms. The van der Waals surface area contributed by atoms with Gasteiger partial charge in [0.2, 0.25) is 0 Å². The highest BCUT2D eigenvalue weighted by Gasteiger charge is 2.36. The zero-order valence-electron chi connectivity index (χ0n) is 8.79. The highest BCUT2D eigenvalue weighted by molar-refractivity contribution is 5.31. The quantitative estimate of drug-likeness (QED) is 0.785. The molecule has 0 heterocycles. The number of benzene rings is 1. The highest BCUT2D eigenvalue weighted by Crippen LogP contribution is 2.30. The molecule has 0 bridgehead atoms. The van der Waals surface area contributed by atoms with E-state index in [1.54, 1.807) is 0 Å². The summed E-state index contributed by atoms with van der Waals surface area (Å²) < 4.78 is 5.75. The summed E-state index contributed by atoms with van der Waals surface area (Å²) in [5.74, 6) is 1.73. The van der Waals surface area contributed by atoms with Crippen molar-refractivity contribution in [2.75, 3.05) is 13.7 Å². The molecule has 1 N–H and O–H groups in total. The Kier molecular flexibility index (Phi) is 2.73. The summed E-state index contributed by atoms with van der Waals surface area (Å²) in [7, 11) is 2.01. The van der Waals surface area contributed by atoms with Gasteiger partial charge in [-0.05, 0) is 32.0 Å². The van der Waals surface area contributed by atoms with Crippen LogP contribution in [0.25, 0.3) is 0 Å². The van der Waals surface area contributed by atoms with Crippen LogP contribution in [0.15, 0.2) is 24.3 Å². The number of hydrogen-bond donors (Lipinski definition) is 1. The lowest BCUT2D eigenvalue weighted by Crippen LogP contribution is -2.14. The van der Waals surface area contributed by atoms with Gasteiger partial charge in [0.05, 0.1) is 6.61 Å². The maximum absolute atomic E-state index is 5.75. The molecule has 0 amide bonds. The third-order valence-electron chi connectivity index (χ3n) is 2.84. The Balaban J connectivity index is 1.84. The van der Waals surface area contributed by atoms with E-state index in [-0.39, 0.29) is 0 Å². The molecule has 2 atom stereocenters. The Morgan fingerprint density at radius 3 is 2.86 bits per heavy atom. The summed E-state index contributed by atoms with van der Waals surface area (Å²) in [5, 5.41) is 3.26. The summed E-state index contributed by atoms with van der Waals surface area (Å²) in [6.45, 7) is 2.92. The number of aryl methyl sites for hydroxylation is 1. The summed E-state index contributed by atoms with van der Waals surface area (Å²) >= 11 is 0. The number of ether oxygens (including phenoxy) is 1. The van der Waals surface area contributed by atoms with Crippen molar-refractivity contribution in [3.05, 3.63) is 29.8 Å². The van der Waals surface area contributed by atoms with Crippen LogP contribution in [0.4, 0.5) is 0 Å². The number of nitrogens with one attached hydrogen (secondary N) is 1. The van der Waals surface area contributed by atoms with Crippen LogP contribution in [0.3, 0.4) is 0 Å². The zero-order chi connectivity index (χ0) is 9.97. The van der Waals surface area contributed by atoms with Crippen molar-refractivity contribution in [1.29, 1.82) is 0 Å². The second-order valence-corrected chi connectivity index (χ2v) is 3.97. The van der Waals surface area contributed by atoms with Crippen molar-refractivity contribution >= 4 is 0 Å². The first-order valence-electron chi connectivity index (χ1n) is 5.17. The maximum atomic E-state index is 5.75. The van der Waals surface area contributed by atoms with Gasteiger partial charge in [0, 0.05) is 12.0 Å². The molecule has 76 valence electrons. The van der Waals surface area contributed by atoms with Crippen LogP contribution >= 0.6 is 0 Å². The van der Waals surface area contributed by atoms with E-state index in [0.717, 1.165) is 12.4 Å². The fraction of sp³-hybridized carbons (Fsp3) is 0.500. The summed E-state index contributed by atoms with van der Waals surface area (Å²) in [6.07, 6.45) is 1.25. The Labute approximate surface area is 85.3 Å². The van der Waals surface area contributed by atoms with Gasteiger partial charge in [-0.25, -0.2) is 0 Å². The minimum Gasteiger partial charge on any atom is -0.493 e. The number of hydrogen-bond acceptors (Lipinski definition) is 2. The van der Waals surface area contributed by atoms with Gasteiger partial charge in [-0.1, -0.05) is 18.2 Å². The maximum Gasteiger partial charge on any atom is 0.122 e. The molecule has 0 saturated heterocycles. The van der Waals surface area contributed by atoms with E-state index in [1.807, 2.05) is 25.2 Å². The molecule has 1 aliphatic rings. The second-order valence-electron chi connectivity index (χ2n) is 3.97. The van der Waals surface area contributed by atoms with Crippen LogP contribution in [-0.4, -0.2) is 19.7 Å². The Bertz CT molecular complexity index is 311. The minimum atomic E-state index is 0.680. The van der Waals surface area contributed by atoms with E-state index in [1.165, 1.54) is 12.0 Å². The molecular formula is C12H17NO. The normalized spacial score (nSPS) is 24.7. The average Bonchev–Trinajstić information content (AvgIpc) is 2.95. The van der Waals surface area contributed by atoms with E-state index in [9.17, 15) is 0 Å². The molecule has 2 rings (SSSR count). The molecule has 1 aromatic rings. The van der Waals surface area contributed by atoms with Crippen molar-refractivity contribution in [3.8, 4) is 5.75 Å². The zero-order valence-corrected chi connectivity index (χ0v) is 8.79. The molecule has 2 nitrogen and oxygen atoms in total. The lowest BCUT2D eigenvalue weighted by atomic mass is 10.2. The van der Waals surface area contributed by atoms with Gasteiger partial charge in [0.15, 0.2) is 0 Å². The molecule has 14 heavy (non-hydrogen) atoms. The third kappa shape index (κ3) is 2.07. The van der Waals surface area contributed by atoms with Crippen LogP contribution in [0.1, 0.15) is 12.0 Å². The largest absolute Gasteiger partial charge is 0.493 e. The number of rotatable bonds is 4. The van der Waals surface area contributed by atoms with Crippen LogP contribution in [0, 0.1) is 12.8 Å². The van der Waals surface area contributed by atoms with Gasteiger partial charge >= 0.3 is 0 Å². The fourth-order valence-electron chi connectivity index (χ4n) is 1.70. The molecule has 2 heteroatoms. The lowest BCUT2D eigenvalue weighted by molar-refractivity contribution is 0.293. The Morgan fingerprint density at radius 2 is 2.21 bits per heavy atom. The van der Waals surface area contributed by atoms with Crippen LogP contribution in [0.5, 0.6) is 5.75 Å². The Morgan fingerprint density at radius 1 is 1.43 bits per heavy atom. The average molecular weight is 191 g/mol. The predicted octanol–water partition coefficient (Wildman–Crippen LogP) is 1.98. The third-order valence-corrected chi connectivity index (χ3v) is 2.84. The van der Waals surface area contributed by atoms with E-state index >= 15 is 0 Å². The van der Waals surface area contributed by atoms with E-state index in [4.69, 9.17) is 4.74 Å². The summed E-state index contributed by atoms with van der Waals surface area (Å²) in [6, 6.07) is 8.85. The van der Waals surface area contributed by atoms with Gasteiger partial charge in [0.1, 0.15) is 5.75 Å². The molecule has 1 fully saturated rings. The highest BCUT2D eigenvalue weighted by atomic mass is 16.5. The van der Waals surface area contributed by atoms with Crippen molar-refractivity contribution < 1.29 is 4.74 Å². The molecule has 1 aliphatic carbocycles. The first-order valence-corrected chi connectivity index (χ1v) is 5.17. The number of para-hydroxylation sites is 1. The topological polar surface area (TPSA) is 21.3 Å². The van der Waals surface area contributed by atoms with E-state index < -0.39 is 0 Å². The van der Waals surface area contributed by atoms with Crippen LogP contribution < -0.4 is 10.1 Å². The second kappa shape index (κ2) is 4.01. The predicted molar refractivity (Wildman–Crippen MR) is 57.6 cm³/mol. The standard InChI is InChI=1S/C12H17NO/c1-9-5-3-4-6-12(9)14-8-10-7-11(10)13-2/h3-6,10-11,13H,7-8H2,1-2H3. The van der Waals surface area contributed by atoms with E-state index in [2.05, 4.69) is 18.3 Å². The van der Waals surface area contributed by atoms with Crippen molar-refractivity contribution in [1.82, 2.24) is 5.32 Å². The smallest absolute Gasteiger partial charge is 0.122 e. The molecule has 0 aromatic heterocycles. The molecular weight excluding hydrogens is 174 g/mol. The summed E-state index contributed by atoms with van der Waals surface area (Å²) in [5.41, 5.74) is 1.22. The first kappa shape index (κ1) is 9.53. The lowest BCUT2D eigenvalue weighted by Gasteiger charge is -2.07. The molecule has 1 aromatic carbocycles. The van der Waals surface area contributed by atoms with Crippen LogP contribution in [-0.2, 0) is 0 Å². The fourth-order valence-corrected chi connectivity index (χ4v) is 1.70. The van der Waals surface area contributed by atoms with Gasteiger partial charge in [-0.3, -0.25) is 0 Å². The summed E-state index contributed by atoms with van der Waals surface area (Å²) in [4.78, 5) is 0. The minimum absolute atomic E-state index is 0.680. The van der Waals surface area contributed by atoms with Crippen LogP contribution in [0.2, 0.25) is 0 Å². The molecule has 0 aliphatic heterocycles. The van der Waals surface area contributed by atoms with Gasteiger partial charge in [-0.15, -0.1) is 0 Å². The van der Waals surface area contributed by atoms with Gasteiger partial charge < -0.3 is 10.1 Å². The van der Waals surface area contributed by atoms with E-state index in [0.29, 0.717) is 12.0 Å².